The monoisotopic (exact) mass is 443 g/mol. The van der Waals surface area contributed by atoms with E-state index in [9.17, 15) is 26.4 Å². The Morgan fingerprint density at radius 1 is 1.13 bits per heavy atom. The van der Waals surface area contributed by atoms with Gasteiger partial charge in [-0.2, -0.15) is 17.5 Å². The zero-order valence-electron chi connectivity index (χ0n) is 16.8. The Bertz CT molecular complexity index is 1170. The summed E-state index contributed by atoms with van der Waals surface area (Å²) in [5, 5.41) is 6.71. The lowest BCUT2D eigenvalue weighted by Gasteiger charge is -2.28. The van der Waals surface area contributed by atoms with Crippen LogP contribution in [-0.4, -0.2) is 47.0 Å². The number of aromatic nitrogens is 3. The number of alkyl halides is 3. The average Bonchev–Trinajstić information content (AvgIpc) is 3.15. The van der Waals surface area contributed by atoms with Crippen LogP contribution in [0.5, 0.6) is 0 Å². The molecule has 0 aliphatic carbocycles. The molecule has 4 rings (SSSR count). The molecule has 0 atom stereocenters. The van der Waals surface area contributed by atoms with Crippen molar-refractivity contribution in [3.05, 3.63) is 34.9 Å². The van der Waals surface area contributed by atoms with Crippen LogP contribution in [0.4, 0.5) is 18.9 Å². The first-order valence-corrected chi connectivity index (χ1v) is 10.6. The Kier molecular flexibility index (Phi) is 4.34. The maximum atomic E-state index is 13.3. The molecule has 1 aromatic heterocycles. The molecule has 0 saturated heterocycles. The summed E-state index contributed by atoms with van der Waals surface area (Å²) in [6.07, 6.45) is -4.66. The van der Waals surface area contributed by atoms with Gasteiger partial charge in [-0.25, -0.2) is 8.42 Å². The molecule has 1 amide bonds. The van der Waals surface area contributed by atoms with Crippen molar-refractivity contribution in [3.63, 3.8) is 0 Å². The van der Waals surface area contributed by atoms with Crippen LogP contribution >= 0.6 is 0 Å². The van der Waals surface area contributed by atoms with Crippen molar-refractivity contribution in [1.82, 2.24) is 19.1 Å². The Morgan fingerprint density at radius 3 is 2.43 bits per heavy atom. The maximum Gasteiger partial charge on any atom is 0.451 e. The van der Waals surface area contributed by atoms with Crippen molar-refractivity contribution in [2.75, 3.05) is 18.5 Å². The molecular weight excluding hydrogens is 423 g/mol. The van der Waals surface area contributed by atoms with Gasteiger partial charge in [0.25, 0.3) is 0 Å². The second-order valence-electron chi connectivity index (χ2n) is 8.05. The minimum atomic E-state index is -4.66. The normalized spacial score (nSPS) is 19.2. The number of anilines is 1. The van der Waals surface area contributed by atoms with Crippen molar-refractivity contribution in [1.29, 1.82) is 0 Å². The number of hydrogen-bond donors (Lipinski definition) is 0. The molecule has 0 N–H and O–H groups in total. The smallest absolute Gasteiger partial charge is 0.314 e. The summed E-state index contributed by atoms with van der Waals surface area (Å²) >= 11 is 0. The number of carbonyl (C=O) groups excluding carboxylic acids is 1. The number of fused-ring (bicyclic) bond motifs is 2. The maximum absolute atomic E-state index is 13.3. The first kappa shape index (κ1) is 20.8. The summed E-state index contributed by atoms with van der Waals surface area (Å²) in [4.78, 5) is 14.1. The number of rotatable bonds is 2. The molecule has 30 heavy (non-hydrogen) atoms. The summed E-state index contributed by atoms with van der Waals surface area (Å²) in [5.41, 5.74) is 1.03. The van der Waals surface area contributed by atoms with E-state index in [0.29, 0.717) is 16.8 Å². The molecule has 0 spiro atoms. The lowest BCUT2D eigenvalue weighted by Crippen LogP contribution is -2.39. The van der Waals surface area contributed by atoms with Gasteiger partial charge in [0.1, 0.15) is 5.82 Å². The van der Waals surface area contributed by atoms with Crippen LogP contribution in [0.3, 0.4) is 0 Å². The topological polar surface area (TPSA) is 88.4 Å². The second kappa shape index (κ2) is 6.27. The van der Waals surface area contributed by atoms with Gasteiger partial charge in [0, 0.05) is 20.1 Å². The van der Waals surface area contributed by atoms with Crippen LogP contribution in [0.2, 0.25) is 0 Å². The highest BCUT2D eigenvalue weighted by Gasteiger charge is 2.45. The SMILES string of the molecule is Cc1cc(S(=O)(=O)N2CCn3c(nnc3C(F)(F)F)C2)cc2c1N(C)C(=O)C2(C)C. The van der Waals surface area contributed by atoms with E-state index in [2.05, 4.69) is 10.2 Å². The van der Waals surface area contributed by atoms with Gasteiger partial charge in [0.05, 0.1) is 22.5 Å². The van der Waals surface area contributed by atoms with Gasteiger partial charge in [-0.05, 0) is 44.0 Å². The van der Waals surface area contributed by atoms with Gasteiger partial charge >= 0.3 is 6.18 Å². The third-order valence-electron chi connectivity index (χ3n) is 5.73. The van der Waals surface area contributed by atoms with Crippen molar-refractivity contribution >= 4 is 21.6 Å². The molecule has 12 heteroatoms. The molecule has 2 aromatic rings. The summed E-state index contributed by atoms with van der Waals surface area (Å²) in [5.74, 6) is -1.34. The van der Waals surface area contributed by atoms with Crippen LogP contribution < -0.4 is 4.90 Å². The number of halogens is 3. The summed E-state index contributed by atoms with van der Waals surface area (Å²) in [6.45, 7) is 4.53. The number of carbonyl (C=O) groups is 1. The lowest BCUT2D eigenvalue weighted by atomic mass is 9.85. The van der Waals surface area contributed by atoms with Crippen LogP contribution in [0.15, 0.2) is 17.0 Å². The molecule has 0 unspecified atom stereocenters. The molecule has 2 aliphatic heterocycles. The molecule has 0 saturated carbocycles. The second-order valence-corrected chi connectivity index (χ2v) is 9.99. The standard InChI is InChI=1S/C18H20F3N5O3S/c1-10-7-11(8-12-14(10)24(4)16(27)17(12,2)3)30(28,29)25-5-6-26-13(9-25)22-23-15(26)18(19,20)21/h7-8H,5-6,9H2,1-4H3. The number of hydrogen-bond acceptors (Lipinski definition) is 5. The quantitative estimate of drug-likeness (QED) is 0.709. The molecule has 0 bridgehead atoms. The zero-order valence-corrected chi connectivity index (χ0v) is 17.6. The largest absolute Gasteiger partial charge is 0.451 e. The van der Waals surface area contributed by atoms with Gasteiger partial charge < -0.3 is 9.47 Å². The summed E-state index contributed by atoms with van der Waals surface area (Å²) in [6, 6.07) is 2.97. The number of likely N-dealkylation sites (N-methyl/N-ethyl adjacent to an activating group) is 1. The van der Waals surface area contributed by atoms with E-state index in [-0.39, 0.29) is 36.3 Å². The number of nitrogens with zero attached hydrogens (tertiary/aromatic N) is 5. The van der Waals surface area contributed by atoms with Crippen molar-refractivity contribution in [2.45, 2.75) is 50.3 Å². The van der Waals surface area contributed by atoms with E-state index in [4.69, 9.17) is 0 Å². The fourth-order valence-electron chi connectivity index (χ4n) is 4.15. The van der Waals surface area contributed by atoms with E-state index in [1.807, 2.05) is 0 Å². The highest BCUT2D eigenvalue weighted by Crippen LogP contribution is 2.44. The third-order valence-corrected chi connectivity index (χ3v) is 7.55. The van der Waals surface area contributed by atoms with Crippen molar-refractivity contribution in [2.24, 2.45) is 0 Å². The van der Waals surface area contributed by atoms with Gasteiger partial charge in [0.2, 0.25) is 21.8 Å². The molecular formula is C18H20F3N5O3S. The Hall–Kier alpha value is -2.47. The Morgan fingerprint density at radius 2 is 1.80 bits per heavy atom. The van der Waals surface area contributed by atoms with Gasteiger partial charge in [-0.15, -0.1) is 10.2 Å². The van der Waals surface area contributed by atoms with E-state index < -0.39 is 27.4 Å². The fourth-order valence-corrected chi connectivity index (χ4v) is 5.65. The number of benzene rings is 1. The molecule has 2 aliphatic rings. The lowest BCUT2D eigenvalue weighted by molar-refractivity contribution is -0.147. The number of aryl methyl sites for hydroxylation is 1. The van der Waals surface area contributed by atoms with Crippen molar-refractivity contribution < 1.29 is 26.4 Å². The molecule has 3 heterocycles. The zero-order chi connectivity index (χ0) is 22.2. The number of sulfonamides is 1. The van der Waals surface area contributed by atoms with Gasteiger partial charge in [-0.3, -0.25) is 4.79 Å². The van der Waals surface area contributed by atoms with Crippen LogP contribution in [-0.2, 0) is 39.5 Å². The predicted octanol–water partition coefficient (Wildman–Crippen LogP) is 2.06. The van der Waals surface area contributed by atoms with Crippen LogP contribution in [0, 0.1) is 6.92 Å². The highest BCUT2D eigenvalue weighted by atomic mass is 32.2. The molecule has 0 radical (unpaired) electrons. The molecule has 8 nitrogen and oxygen atoms in total. The number of amides is 1. The molecule has 1 aromatic carbocycles. The van der Waals surface area contributed by atoms with Gasteiger partial charge in [0.15, 0.2) is 0 Å². The van der Waals surface area contributed by atoms with Gasteiger partial charge in [-0.1, -0.05) is 0 Å². The first-order valence-electron chi connectivity index (χ1n) is 9.19. The van der Waals surface area contributed by atoms with E-state index in [0.717, 1.165) is 8.87 Å². The van der Waals surface area contributed by atoms with E-state index >= 15 is 0 Å². The minimum Gasteiger partial charge on any atom is -0.314 e. The molecule has 162 valence electrons. The fraction of sp³-hybridized carbons (Fsp3) is 0.500. The average molecular weight is 443 g/mol. The Balaban J connectivity index is 1.73. The highest BCUT2D eigenvalue weighted by molar-refractivity contribution is 7.89. The van der Waals surface area contributed by atoms with E-state index in [1.165, 1.54) is 17.0 Å². The van der Waals surface area contributed by atoms with Crippen molar-refractivity contribution in [3.8, 4) is 0 Å². The predicted molar refractivity (Wildman–Crippen MR) is 100 cm³/mol. The van der Waals surface area contributed by atoms with Crippen LogP contribution in [0.1, 0.15) is 36.6 Å². The van der Waals surface area contributed by atoms with E-state index in [1.54, 1.807) is 27.8 Å². The van der Waals surface area contributed by atoms with Crippen LogP contribution in [0.25, 0.3) is 0 Å². The third kappa shape index (κ3) is 2.84. The first-order chi connectivity index (χ1) is 13.8. The minimum absolute atomic E-state index is 0.000986. The summed E-state index contributed by atoms with van der Waals surface area (Å²) < 4.78 is 67.6. The Labute approximate surface area is 171 Å². The molecule has 0 fully saturated rings. The summed E-state index contributed by atoms with van der Waals surface area (Å²) in [7, 11) is -2.37.